The minimum absolute atomic E-state index is 0.308. The zero-order valence-electron chi connectivity index (χ0n) is 21.4. The molecule has 0 spiro atoms. The average molecular weight is 486 g/mol. The minimum atomic E-state index is -0.757. The smallest absolute Gasteiger partial charge is 0.336 e. The summed E-state index contributed by atoms with van der Waals surface area (Å²) < 4.78 is 18.9. The number of allylic oxidation sites excluding steroid dienone is 1. The van der Waals surface area contributed by atoms with E-state index in [4.69, 9.17) is 14.2 Å². The molecule has 0 amide bonds. The van der Waals surface area contributed by atoms with Crippen LogP contribution in [-0.4, -0.2) is 36.4 Å². The number of ether oxygens (including phenoxy) is 3. The van der Waals surface area contributed by atoms with Crippen molar-refractivity contribution in [3.8, 4) is 11.5 Å². The second-order valence-electron chi connectivity index (χ2n) is 8.56. The number of hydrogen-bond donors (Lipinski definition) is 1. The Morgan fingerprint density at radius 2 is 1.60 bits per heavy atom. The summed E-state index contributed by atoms with van der Waals surface area (Å²) in [6, 6.07) is 5.30. The third-order valence-corrected chi connectivity index (χ3v) is 6.37. The van der Waals surface area contributed by atoms with Gasteiger partial charge in [-0.25, -0.2) is 9.59 Å². The van der Waals surface area contributed by atoms with Crippen LogP contribution in [0.3, 0.4) is 0 Å². The molecule has 0 aliphatic carbocycles. The predicted molar refractivity (Wildman–Crippen MR) is 135 cm³/mol. The number of unbranched alkanes of at least 4 members (excludes halogenated alkanes) is 2. The summed E-state index contributed by atoms with van der Waals surface area (Å²) in [5, 5.41) is 3.19. The number of nitrogens with one attached hydrogen (secondary N) is 1. The van der Waals surface area contributed by atoms with Gasteiger partial charge < -0.3 is 19.5 Å². The van der Waals surface area contributed by atoms with Gasteiger partial charge in [0.15, 0.2) is 11.5 Å². The summed E-state index contributed by atoms with van der Waals surface area (Å²) in [7, 11) is 4.38. The van der Waals surface area contributed by atoms with Crippen LogP contribution in [-0.2, 0) is 22.6 Å². The van der Waals surface area contributed by atoms with Crippen LogP contribution >= 0.6 is 0 Å². The lowest BCUT2D eigenvalue weighted by atomic mass is 9.82. The molecule has 1 aromatic carbocycles. The molecule has 0 fully saturated rings. The first-order chi connectivity index (χ1) is 16.8. The molecule has 3 rings (SSSR count). The van der Waals surface area contributed by atoms with Gasteiger partial charge in [0.2, 0.25) is 0 Å². The largest absolute Gasteiger partial charge is 0.493 e. The van der Waals surface area contributed by atoms with E-state index >= 15 is 0 Å². The Labute approximate surface area is 205 Å². The summed E-state index contributed by atoms with van der Waals surface area (Å²) in [5.74, 6) is 0.112. The van der Waals surface area contributed by atoms with Crippen LogP contribution < -0.4 is 26.0 Å². The van der Waals surface area contributed by atoms with E-state index in [1.54, 1.807) is 36.8 Å². The van der Waals surface area contributed by atoms with Crippen molar-refractivity contribution in [3.63, 3.8) is 0 Å². The van der Waals surface area contributed by atoms with E-state index in [-0.39, 0.29) is 5.69 Å². The normalized spacial score (nSPS) is 14.9. The first-order valence-electron chi connectivity index (χ1n) is 12.0. The SMILES string of the molecule is CCCCn1c2c(c(=O)n(CCCC)c1=O)C(c1ccc(OC)c(OC)c1)C(C(=O)OC)=C(C)N2. The van der Waals surface area contributed by atoms with Gasteiger partial charge in [-0.15, -0.1) is 0 Å². The quantitative estimate of drug-likeness (QED) is 0.513. The number of fused-ring (bicyclic) bond motifs is 1. The molecule has 0 radical (unpaired) electrons. The fourth-order valence-corrected chi connectivity index (χ4v) is 4.50. The molecule has 0 bridgehead atoms. The molecule has 1 unspecified atom stereocenters. The van der Waals surface area contributed by atoms with Crippen LogP contribution in [0.25, 0.3) is 0 Å². The van der Waals surface area contributed by atoms with E-state index < -0.39 is 17.4 Å². The van der Waals surface area contributed by atoms with Crippen LogP contribution in [0.1, 0.15) is 63.5 Å². The number of aromatic nitrogens is 2. The zero-order chi connectivity index (χ0) is 25.7. The van der Waals surface area contributed by atoms with Crippen LogP contribution in [0, 0.1) is 0 Å². The van der Waals surface area contributed by atoms with Crippen LogP contribution in [0.5, 0.6) is 11.5 Å². The van der Waals surface area contributed by atoms with Crippen LogP contribution in [0.15, 0.2) is 39.1 Å². The lowest BCUT2D eigenvalue weighted by Gasteiger charge is -2.32. The molecule has 0 saturated carbocycles. The van der Waals surface area contributed by atoms with Crippen LogP contribution in [0.4, 0.5) is 5.82 Å². The predicted octanol–water partition coefficient (Wildman–Crippen LogP) is 3.63. The maximum atomic E-state index is 13.9. The molecular weight excluding hydrogens is 450 g/mol. The summed E-state index contributed by atoms with van der Waals surface area (Å²) in [4.78, 5) is 40.3. The highest BCUT2D eigenvalue weighted by Crippen LogP contribution is 2.42. The van der Waals surface area contributed by atoms with Crippen molar-refractivity contribution < 1.29 is 19.0 Å². The van der Waals surface area contributed by atoms with Crippen molar-refractivity contribution >= 4 is 11.8 Å². The van der Waals surface area contributed by atoms with E-state index in [2.05, 4.69) is 5.32 Å². The standard InChI is InChI=1S/C26H35N3O6/c1-7-9-13-28-23-22(24(30)29(26(28)32)14-10-8-2)21(20(16(3)27-23)25(31)35-6)17-11-12-18(33-4)19(15-17)34-5/h11-12,15,21,27H,7-10,13-14H2,1-6H3. The number of carbonyl (C=O) groups is 1. The van der Waals surface area contributed by atoms with Gasteiger partial charge in [-0.2, -0.15) is 0 Å². The fraction of sp³-hybridized carbons (Fsp3) is 0.500. The van der Waals surface area contributed by atoms with Gasteiger partial charge >= 0.3 is 11.7 Å². The Morgan fingerprint density at radius 3 is 2.17 bits per heavy atom. The van der Waals surface area contributed by atoms with Gasteiger partial charge in [-0.1, -0.05) is 32.8 Å². The summed E-state index contributed by atoms with van der Waals surface area (Å²) in [6.07, 6.45) is 3.18. The highest BCUT2D eigenvalue weighted by molar-refractivity contribution is 5.94. The third-order valence-electron chi connectivity index (χ3n) is 6.37. The summed E-state index contributed by atoms with van der Waals surface area (Å²) >= 11 is 0. The van der Waals surface area contributed by atoms with E-state index in [9.17, 15) is 14.4 Å². The molecule has 2 aromatic rings. The average Bonchev–Trinajstić information content (AvgIpc) is 2.87. The van der Waals surface area contributed by atoms with Crippen molar-refractivity contribution in [1.29, 1.82) is 0 Å². The maximum Gasteiger partial charge on any atom is 0.336 e. The van der Waals surface area contributed by atoms with Gasteiger partial charge in [0, 0.05) is 18.8 Å². The minimum Gasteiger partial charge on any atom is -0.493 e. The van der Waals surface area contributed by atoms with Crippen molar-refractivity contribution in [2.75, 3.05) is 26.6 Å². The number of benzene rings is 1. The molecule has 0 saturated heterocycles. The number of esters is 1. The number of hydrogen-bond acceptors (Lipinski definition) is 7. The Bertz CT molecular complexity index is 1240. The van der Waals surface area contributed by atoms with Gasteiger partial charge in [-0.05, 0) is 37.5 Å². The molecule has 9 heteroatoms. The highest BCUT2D eigenvalue weighted by Gasteiger charge is 2.38. The summed E-state index contributed by atoms with van der Waals surface area (Å²) in [5.41, 5.74) is 1.09. The zero-order valence-corrected chi connectivity index (χ0v) is 21.4. The molecule has 1 aromatic heterocycles. The maximum absolute atomic E-state index is 13.9. The van der Waals surface area contributed by atoms with Crippen molar-refractivity contribution in [3.05, 3.63) is 61.4 Å². The molecule has 1 aliphatic heterocycles. The fourth-order valence-electron chi connectivity index (χ4n) is 4.50. The Kier molecular flexibility index (Phi) is 8.43. The molecule has 190 valence electrons. The number of rotatable bonds is 10. The Morgan fingerprint density at radius 1 is 0.971 bits per heavy atom. The molecule has 2 heterocycles. The van der Waals surface area contributed by atoms with Gasteiger partial charge in [0.25, 0.3) is 5.56 Å². The second kappa shape index (κ2) is 11.3. The van der Waals surface area contributed by atoms with Gasteiger partial charge in [0.05, 0.1) is 38.4 Å². The Hall–Kier alpha value is -3.49. The lowest BCUT2D eigenvalue weighted by molar-refractivity contribution is -0.136. The second-order valence-corrected chi connectivity index (χ2v) is 8.56. The molecule has 1 atom stereocenters. The first kappa shape index (κ1) is 26.1. The summed E-state index contributed by atoms with van der Waals surface area (Å²) in [6.45, 7) is 6.57. The van der Waals surface area contributed by atoms with E-state index in [1.807, 2.05) is 13.8 Å². The van der Waals surface area contributed by atoms with Crippen LogP contribution in [0.2, 0.25) is 0 Å². The van der Waals surface area contributed by atoms with Gasteiger partial charge in [-0.3, -0.25) is 13.9 Å². The van der Waals surface area contributed by atoms with Crippen molar-refractivity contribution in [2.24, 2.45) is 0 Å². The monoisotopic (exact) mass is 485 g/mol. The highest BCUT2D eigenvalue weighted by atomic mass is 16.5. The van der Waals surface area contributed by atoms with E-state index in [1.165, 1.54) is 18.8 Å². The molecule has 35 heavy (non-hydrogen) atoms. The van der Waals surface area contributed by atoms with E-state index in [0.29, 0.717) is 59.2 Å². The lowest BCUT2D eigenvalue weighted by Crippen LogP contribution is -2.45. The van der Waals surface area contributed by atoms with E-state index in [0.717, 1.165) is 19.3 Å². The Balaban J connectivity index is 2.41. The molecule has 9 nitrogen and oxygen atoms in total. The first-order valence-corrected chi connectivity index (χ1v) is 12.0. The van der Waals surface area contributed by atoms with Crippen molar-refractivity contribution in [1.82, 2.24) is 9.13 Å². The topological polar surface area (TPSA) is 101 Å². The van der Waals surface area contributed by atoms with Crippen molar-refractivity contribution in [2.45, 2.75) is 65.5 Å². The number of methoxy groups -OCH3 is 3. The van der Waals surface area contributed by atoms with Gasteiger partial charge in [0.1, 0.15) is 5.82 Å². The number of nitrogens with zero attached hydrogens (tertiary/aromatic N) is 2. The molecule has 1 aliphatic rings. The molecular formula is C26H35N3O6. The third kappa shape index (κ3) is 4.85. The number of anilines is 1. The number of carbonyl (C=O) groups excluding carboxylic acids is 1. The molecule has 1 N–H and O–H groups in total.